The van der Waals surface area contributed by atoms with Crippen LogP contribution in [0.1, 0.15) is 20.3 Å². The van der Waals surface area contributed by atoms with Crippen molar-refractivity contribution in [2.75, 3.05) is 39.8 Å². The highest BCUT2D eigenvalue weighted by Crippen LogP contribution is 2.17. The summed E-state index contributed by atoms with van der Waals surface area (Å²) >= 11 is 0. The quantitative estimate of drug-likeness (QED) is 0.591. The summed E-state index contributed by atoms with van der Waals surface area (Å²) in [5, 5.41) is 6.61. The maximum absolute atomic E-state index is 13.6. The van der Waals surface area contributed by atoms with Gasteiger partial charge in [0.25, 0.3) is 0 Å². The smallest absolute Gasteiger partial charge is 0.191 e. The van der Waals surface area contributed by atoms with Crippen LogP contribution in [0, 0.1) is 11.7 Å². The van der Waals surface area contributed by atoms with Crippen molar-refractivity contribution in [1.82, 2.24) is 15.5 Å². The van der Waals surface area contributed by atoms with E-state index in [1.807, 2.05) is 6.92 Å². The predicted octanol–water partition coefficient (Wildman–Crippen LogP) is 2.10. The average molecular weight is 336 g/mol. The number of rotatable bonds is 7. The number of hydrogen-bond acceptors (Lipinski definition) is 3. The first-order valence-corrected chi connectivity index (χ1v) is 8.70. The first-order chi connectivity index (χ1) is 11.6. The van der Waals surface area contributed by atoms with Crippen molar-refractivity contribution in [3.8, 4) is 5.75 Å². The average Bonchev–Trinajstić information content (AvgIpc) is 3.05. The van der Waals surface area contributed by atoms with E-state index in [1.54, 1.807) is 25.2 Å². The number of ether oxygens (including phenoxy) is 1. The molecule has 1 fully saturated rings. The number of halogens is 1. The van der Waals surface area contributed by atoms with Gasteiger partial charge < -0.3 is 20.3 Å². The lowest BCUT2D eigenvalue weighted by Gasteiger charge is -2.19. The molecule has 1 aliphatic heterocycles. The second-order valence-electron chi connectivity index (χ2n) is 6.24. The number of nitrogens with one attached hydrogen (secondary N) is 2. The minimum absolute atomic E-state index is 0.164. The fraction of sp³-hybridized carbons (Fsp3) is 0.611. The maximum atomic E-state index is 13.6. The number of para-hydroxylation sites is 1. The highest BCUT2D eigenvalue weighted by molar-refractivity contribution is 5.79. The van der Waals surface area contributed by atoms with Crippen molar-refractivity contribution in [2.45, 2.75) is 26.4 Å². The number of guanidine groups is 1. The van der Waals surface area contributed by atoms with E-state index in [2.05, 4.69) is 27.4 Å². The second-order valence-corrected chi connectivity index (χ2v) is 6.24. The molecule has 5 nitrogen and oxygen atoms in total. The topological polar surface area (TPSA) is 48.9 Å². The summed E-state index contributed by atoms with van der Waals surface area (Å²) in [6.45, 7) is 9.03. The van der Waals surface area contributed by atoms with Gasteiger partial charge in [-0.05, 0) is 44.5 Å². The van der Waals surface area contributed by atoms with Gasteiger partial charge in [0.2, 0.25) is 0 Å². The molecule has 0 amide bonds. The van der Waals surface area contributed by atoms with Gasteiger partial charge in [-0.25, -0.2) is 4.39 Å². The molecule has 1 aromatic carbocycles. The number of hydrogen-bond donors (Lipinski definition) is 2. The van der Waals surface area contributed by atoms with Crippen molar-refractivity contribution in [1.29, 1.82) is 0 Å². The van der Waals surface area contributed by atoms with E-state index >= 15 is 0 Å². The van der Waals surface area contributed by atoms with Crippen molar-refractivity contribution in [3.63, 3.8) is 0 Å². The third kappa shape index (κ3) is 5.67. The third-order valence-corrected chi connectivity index (χ3v) is 4.32. The van der Waals surface area contributed by atoms with Gasteiger partial charge in [0.15, 0.2) is 17.5 Å². The summed E-state index contributed by atoms with van der Waals surface area (Å²) in [7, 11) is 1.75. The van der Waals surface area contributed by atoms with Gasteiger partial charge >= 0.3 is 0 Å². The minimum Gasteiger partial charge on any atom is -0.486 e. The van der Waals surface area contributed by atoms with Crippen LogP contribution in [-0.2, 0) is 0 Å². The van der Waals surface area contributed by atoms with E-state index in [-0.39, 0.29) is 17.7 Å². The molecule has 2 N–H and O–H groups in total. The van der Waals surface area contributed by atoms with Gasteiger partial charge in [0, 0.05) is 20.1 Å². The summed E-state index contributed by atoms with van der Waals surface area (Å²) in [5.41, 5.74) is 0. The Morgan fingerprint density at radius 3 is 2.88 bits per heavy atom. The third-order valence-electron chi connectivity index (χ3n) is 4.32. The molecule has 0 aromatic heterocycles. The Morgan fingerprint density at radius 1 is 1.42 bits per heavy atom. The molecule has 0 saturated carbocycles. The highest BCUT2D eigenvalue weighted by Gasteiger charge is 2.21. The Labute approximate surface area is 144 Å². The van der Waals surface area contributed by atoms with E-state index in [0.717, 1.165) is 25.6 Å². The Balaban J connectivity index is 1.70. The van der Waals surface area contributed by atoms with Crippen LogP contribution in [0.3, 0.4) is 0 Å². The fourth-order valence-electron chi connectivity index (χ4n) is 2.87. The van der Waals surface area contributed by atoms with Crippen molar-refractivity contribution >= 4 is 5.96 Å². The maximum Gasteiger partial charge on any atom is 0.191 e. The molecular weight excluding hydrogens is 307 g/mol. The first kappa shape index (κ1) is 18.5. The summed E-state index contributed by atoms with van der Waals surface area (Å²) in [5.74, 6) is 1.36. The van der Waals surface area contributed by atoms with Gasteiger partial charge in [-0.3, -0.25) is 4.99 Å². The summed E-state index contributed by atoms with van der Waals surface area (Å²) in [6.07, 6.45) is 1.06. The van der Waals surface area contributed by atoms with Crippen molar-refractivity contribution in [2.24, 2.45) is 10.9 Å². The van der Waals surface area contributed by atoms with Crippen LogP contribution in [0.25, 0.3) is 0 Å². The normalized spacial score (nSPS) is 20.0. The van der Waals surface area contributed by atoms with Gasteiger partial charge in [-0.15, -0.1) is 0 Å². The Bertz CT molecular complexity index is 538. The molecule has 2 unspecified atom stereocenters. The van der Waals surface area contributed by atoms with Crippen LogP contribution in [0.4, 0.5) is 4.39 Å². The van der Waals surface area contributed by atoms with E-state index < -0.39 is 0 Å². The van der Waals surface area contributed by atoms with Crippen molar-refractivity contribution < 1.29 is 9.13 Å². The molecule has 134 valence electrons. The molecular formula is C18H29FN4O. The largest absolute Gasteiger partial charge is 0.486 e. The van der Waals surface area contributed by atoms with E-state index in [1.165, 1.54) is 19.0 Å². The Kier molecular flexibility index (Phi) is 7.31. The number of nitrogens with zero attached hydrogens (tertiary/aromatic N) is 2. The summed E-state index contributed by atoms with van der Waals surface area (Å²) in [6, 6.07) is 6.45. The molecule has 1 aliphatic rings. The molecule has 0 aliphatic carbocycles. The lowest BCUT2D eigenvalue weighted by Crippen LogP contribution is -2.43. The standard InChI is InChI=1S/C18H29FN4O/c1-4-23-10-9-15(13-23)12-22-18(20-3)21-11-14(2)24-17-8-6-5-7-16(17)19/h5-8,14-15H,4,9-13H2,1-3H3,(H2,20,21,22). The SMILES string of the molecule is CCN1CCC(CNC(=NC)NCC(C)Oc2ccccc2F)C1. The molecule has 2 atom stereocenters. The number of aliphatic imine (C=N–C) groups is 1. The molecule has 0 radical (unpaired) electrons. The fourth-order valence-corrected chi connectivity index (χ4v) is 2.87. The molecule has 24 heavy (non-hydrogen) atoms. The van der Waals surface area contributed by atoms with Gasteiger partial charge in [0.1, 0.15) is 6.10 Å². The lowest BCUT2D eigenvalue weighted by molar-refractivity contribution is 0.214. The molecule has 1 aromatic rings. The molecule has 0 spiro atoms. The number of likely N-dealkylation sites (tertiary alicyclic amines) is 1. The zero-order valence-corrected chi connectivity index (χ0v) is 14.9. The minimum atomic E-state index is -0.339. The van der Waals surface area contributed by atoms with E-state index in [9.17, 15) is 4.39 Å². The predicted molar refractivity (Wildman–Crippen MR) is 96.1 cm³/mol. The van der Waals surface area contributed by atoms with Crippen LogP contribution >= 0.6 is 0 Å². The van der Waals surface area contributed by atoms with E-state index in [0.29, 0.717) is 12.5 Å². The van der Waals surface area contributed by atoms with Crippen LogP contribution in [0.15, 0.2) is 29.3 Å². The lowest BCUT2D eigenvalue weighted by atomic mass is 10.1. The van der Waals surface area contributed by atoms with E-state index in [4.69, 9.17) is 4.74 Å². The van der Waals surface area contributed by atoms with Crippen molar-refractivity contribution in [3.05, 3.63) is 30.1 Å². The zero-order chi connectivity index (χ0) is 17.4. The monoisotopic (exact) mass is 336 g/mol. The van der Waals surface area contributed by atoms with Gasteiger partial charge in [0.05, 0.1) is 6.54 Å². The highest BCUT2D eigenvalue weighted by atomic mass is 19.1. The molecule has 6 heteroatoms. The van der Waals surface area contributed by atoms with Crippen LogP contribution in [0.5, 0.6) is 5.75 Å². The molecule has 1 saturated heterocycles. The van der Waals surface area contributed by atoms with Gasteiger partial charge in [-0.1, -0.05) is 19.1 Å². The van der Waals surface area contributed by atoms with Crippen LogP contribution in [0.2, 0.25) is 0 Å². The van der Waals surface area contributed by atoms with Crippen LogP contribution in [-0.4, -0.2) is 56.7 Å². The number of benzene rings is 1. The van der Waals surface area contributed by atoms with Gasteiger partial charge in [-0.2, -0.15) is 0 Å². The molecule has 2 rings (SSSR count). The van der Waals surface area contributed by atoms with Crippen LogP contribution < -0.4 is 15.4 Å². The summed E-state index contributed by atoms with van der Waals surface area (Å²) in [4.78, 5) is 6.70. The second kappa shape index (κ2) is 9.47. The Hall–Kier alpha value is -1.82. The zero-order valence-electron chi connectivity index (χ0n) is 14.9. The molecule has 0 bridgehead atoms. The summed E-state index contributed by atoms with van der Waals surface area (Å²) < 4.78 is 19.2. The first-order valence-electron chi connectivity index (χ1n) is 8.70. The Morgan fingerprint density at radius 2 is 2.21 bits per heavy atom. The molecule has 1 heterocycles.